The summed E-state index contributed by atoms with van der Waals surface area (Å²) in [5.41, 5.74) is 0.661. The van der Waals surface area contributed by atoms with Crippen molar-refractivity contribution in [2.45, 2.75) is 0 Å². The summed E-state index contributed by atoms with van der Waals surface area (Å²) in [6.45, 7) is 0. The highest BCUT2D eigenvalue weighted by Crippen LogP contribution is 2.34. The van der Waals surface area contributed by atoms with Crippen LogP contribution in [0.25, 0.3) is 22.2 Å². The van der Waals surface area contributed by atoms with Gasteiger partial charge in [0.15, 0.2) is 0 Å². The monoisotopic (exact) mass is 330 g/mol. The second-order valence-electron chi connectivity index (χ2n) is 3.64. The van der Waals surface area contributed by atoms with Gasteiger partial charge < -0.3 is 4.52 Å². The number of aromatic nitrogens is 2. The molecule has 0 saturated carbocycles. The van der Waals surface area contributed by atoms with Crippen LogP contribution in [0.4, 0.5) is 0 Å². The van der Waals surface area contributed by atoms with E-state index < -0.39 is 0 Å². The lowest BCUT2D eigenvalue weighted by Crippen LogP contribution is -1.82. The molecule has 0 radical (unpaired) electrons. The molecular formula is C12H5Cl3N2OS. The first-order valence-corrected chi connectivity index (χ1v) is 7.19. The Labute approximate surface area is 127 Å². The van der Waals surface area contributed by atoms with Crippen LogP contribution in [0.2, 0.25) is 15.1 Å². The summed E-state index contributed by atoms with van der Waals surface area (Å²) >= 11 is 19.4. The molecule has 0 unspecified atom stereocenters. The van der Waals surface area contributed by atoms with Crippen molar-refractivity contribution in [1.29, 1.82) is 0 Å². The fourth-order valence-corrected chi connectivity index (χ4v) is 3.09. The Morgan fingerprint density at radius 1 is 1.05 bits per heavy atom. The smallest absolute Gasteiger partial charge is 0.269 e. The highest BCUT2D eigenvalue weighted by Gasteiger charge is 2.16. The van der Waals surface area contributed by atoms with Gasteiger partial charge in [-0.25, -0.2) is 0 Å². The molecule has 3 aromatic rings. The van der Waals surface area contributed by atoms with Crippen molar-refractivity contribution in [2.75, 3.05) is 0 Å². The van der Waals surface area contributed by atoms with Crippen LogP contribution >= 0.6 is 46.1 Å². The third kappa shape index (κ3) is 2.49. The molecule has 0 amide bonds. The molecule has 0 spiro atoms. The minimum absolute atomic E-state index is 0.376. The van der Waals surface area contributed by atoms with Crippen molar-refractivity contribution in [3.63, 3.8) is 0 Å². The van der Waals surface area contributed by atoms with Gasteiger partial charge in [0.1, 0.15) is 4.88 Å². The Morgan fingerprint density at radius 2 is 1.89 bits per heavy atom. The highest BCUT2D eigenvalue weighted by molar-refractivity contribution is 7.14. The molecule has 2 aromatic heterocycles. The first-order chi connectivity index (χ1) is 9.15. The zero-order valence-electron chi connectivity index (χ0n) is 9.23. The first kappa shape index (κ1) is 12.9. The van der Waals surface area contributed by atoms with E-state index >= 15 is 0 Å². The summed E-state index contributed by atoms with van der Waals surface area (Å²) in [6.07, 6.45) is 0. The van der Waals surface area contributed by atoms with E-state index in [1.165, 1.54) is 11.3 Å². The predicted octanol–water partition coefficient (Wildman–Crippen LogP) is 5.43. The van der Waals surface area contributed by atoms with Crippen LogP contribution < -0.4 is 0 Å². The average Bonchev–Trinajstić information content (AvgIpc) is 2.97. The molecule has 3 nitrogen and oxygen atoms in total. The zero-order valence-corrected chi connectivity index (χ0v) is 12.3. The largest absolute Gasteiger partial charge is 0.333 e. The van der Waals surface area contributed by atoms with E-state index in [0.29, 0.717) is 32.3 Å². The van der Waals surface area contributed by atoms with E-state index in [9.17, 15) is 0 Å². The molecule has 0 aliphatic carbocycles. The van der Waals surface area contributed by atoms with Gasteiger partial charge in [0, 0.05) is 10.6 Å². The van der Waals surface area contributed by atoms with Crippen molar-refractivity contribution < 1.29 is 4.52 Å². The van der Waals surface area contributed by atoms with Gasteiger partial charge in [-0.05, 0) is 29.6 Å². The lowest BCUT2D eigenvalue weighted by Gasteiger charge is -1.98. The van der Waals surface area contributed by atoms with Crippen molar-refractivity contribution in [2.24, 2.45) is 0 Å². The molecule has 0 aliphatic rings. The summed E-state index contributed by atoms with van der Waals surface area (Å²) in [5.74, 6) is 0.780. The summed E-state index contributed by atoms with van der Waals surface area (Å²) in [7, 11) is 0. The fraction of sp³-hybridized carbons (Fsp3) is 0. The molecule has 0 atom stereocenters. The molecule has 3 rings (SSSR count). The SMILES string of the molecule is Clc1ccc(-c2noc(-c3sccc3Cl)n2)c(Cl)c1. The Morgan fingerprint density at radius 3 is 2.58 bits per heavy atom. The molecule has 19 heavy (non-hydrogen) atoms. The highest BCUT2D eigenvalue weighted by atomic mass is 35.5. The maximum atomic E-state index is 6.10. The van der Waals surface area contributed by atoms with Crippen LogP contribution in [0.1, 0.15) is 0 Å². The standard InChI is InChI=1S/C12H5Cl3N2OS/c13-6-1-2-7(9(15)5-6)11-16-12(18-17-11)10-8(14)3-4-19-10/h1-5H. The predicted molar refractivity (Wildman–Crippen MR) is 78.1 cm³/mol. The van der Waals surface area contributed by atoms with Gasteiger partial charge in [-0.2, -0.15) is 4.98 Å². The van der Waals surface area contributed by atoms with Crippen LogP contribution in [-0.2, 0) is 0 Å². The number of benzene rings is 1. The van der Waals surface area contributed by atoms with Crippen LogP contribution in [0.3, 0.4) is 0 Å². The van der Waals surface area contributed by atoms with Gasteiger partial charge in [-0.15, -0.1) is 11.3 Å². The van der Waals surface area contributed by atoms with Crippen molar-refractivity contribution >= 4 is 46.1 Å². The van der Waals surface area contributed by atoms with Gasteiger partial charge >= 0.3 is 0 Å². The van der Waals surface area contributed by atoms with E-state index in [2.05, 4.69) is 10.1 Å². The maximum Gasteiger partial charge on any atom is 0.269 e. The Bertz CT molecular complexity index is 738. The molecule has 2 heterocycles. The first-order valence-electron chi connectivity index (χ1n) is 5.17. The molecule has 0 N–H and O–H groups in total. The Hall–Kier alpha value is -1.07. The second-order valence-corrected chi connectivity index (χ2v) is 5.81. The minimum Gasteiger partial charge on any atom is -0.333 e. The van der Waals surface area contributed by atoms with Gasteiger partial charge in [0.25, 0.3) is 5.89 Å². The normalized spacial score (nSPS) is 10.9. The van der Waals surface area contributed by atoms with Gasteiger partial charge in [0.2, 0.25) is 5.82 Å². The van der Waals surface area contributed by atoms with Crippen molar-refractivity contribution in [3.8, 4) is 22.2 Å². The number of halogens is 3. The van der Waals surface area contributed by atoms with Gasteiger partial charge in [-0.1, -0.05) is 40.0 Å². The Kier molecular flexibility index (Phi) is 3.50. The van der Waals surface area contributed by atoms with E-state index in [0.717, 1.165) is 4.88 Å². The van der Waals surface area contributed by atoms with E-state index in [1.807, 2.05) is 5.38 Å². The van der Waals surface area contributed by atoms with Gasteiger partial charge in [0.05, 0.1) is 10.0 Å². The number of hydrogen-bond acceptors (Lipinski definition) is 4. The lowest BCUT2D eigenvalue weighted by molar-refractivity contribution is 0.433. The van der Waals surface area contributed by atoms with Crippen LogP contribution in [0.15, 0.2) is 34.2 Å². The van der Waals surface area contributed by atoms with Crippen molar-refractivity contribution in [1.82, 2.24) is 10.1 Å². The van der Waals surface area contributed by atoms with Crippen LogP contribution in [-0.4, -0.2) is 10.1 Å². The quantitative estimate of drug-likeness (QED) is 0.629. The van der Waals surface area contributed by atoms with Crippen LogP contribution in [0, 0.1) is 0 Å². The average molecular weight is 332 g/mol. The second kappa shape index (κ2) is 5.13. The summed E-state index contributed by atoms with van der Waals surface area (Å²) in [6, 6.07) is 6.87. The third-order valence-electron chi connectivity index (χ3n) is 2.41. The topological polar surface area (TPSA) is 38.9 Å². The van der Waals surface area contributed by atoms with E-state index in [-0.39, 0.29) is 0 Å². The number of nitrogens with zero attached hydrogens (tertiary/aromatic N) is 2. The van der Waals surface area contributed by atoms with Crippen LogP contribution in [0.5, 0.6) is 0 Å². The lowest BCUT2D eigenvalue weighted by atomic mass is 10.2. The third-order valence-corrected chi connectivity index (χ3v) is 4.29. The van der Waals surface area contributed by atoms with E-state index in [1.54, 1.807) is 24.3 Å². The number of thiophene rings is 1. The van der Waals surface area contributed by atoms with Crippen molar-refractivity contribution in [3.05, 3.63) is 44.7 Å². The Balaban J connectivity index is 2.04. The summed E-state index contributed by atoms with van der Waals surface area (Å²) in [5, 5.41) is 7.38. The zero-order chi connectivity index (χ0) is 13.4. The molecule has 0 aliphatic heterocycles. The molecular weight excluding hydrogens is 327 g/mol. The molecule has 0 saturated heterocycles. The fourth-order valence-electron chi connectivity index (χ4n) is 1.54. The number of rotatable bonds is 2. The van der Waals surface area contributed by atoms with E-state index in [4.69, 9.17) is 39.3 Å². The molecule has 96 valence electrons. The molecule has 0 fully saturated rings. The summed E-state index contributed by atoms with van der Waals surface area (Å²) in [4.78, 5) is 5.04. The summed E-state index contributed by atoms with van der Waals surface area (Å²) < 4.78 is 5.20. The number of hydrogen-bond donors (Lipinski definition) is 0. The minimum atomic E-state index is 0.376. The maximum absolute atomic E-state index is 6.10. The van der Waals surface area contributed by atoms with Gasteiger partial charge in [-0.3, -0.25) is 0 Å². The molecule has 1 aromatic carbocycles. The molecule has 0 bridgehead atoms. The molecule has 7 heteroatoms.